The minimum Gasteiger partial charge on any atom is -0.480 e. The van der Waals surface area contributed by atoms with E-state index in [0.717, 1.165) is 43.1 Å². The van der Waals surface area contributed by atoms with Gasteiger partial charge in [0.15, 0.2) is 5.16 Å². The van der Waals surface area contributed by atoms with E-state index in [1.807, 2.05) is 42.5 Å². The fourth-order valence-electron chi connectivity index (χ4n) is 3.35. The zero-order chi connectivity index (χ0) is 22.6. The second-order valence-electron chi connectivity index (χ2n) is 7.42. The van der Waals surface area contributed by atoms with E-state index >= 15 is 0 Å². The van der Waals surface area contributed by atoms with Gasteiger partial charge in [0.05, 0.1) is 17.6 Å². The number of fused-ring (bicyclic) bond motifs is 1. The number of nitrogens with one attached hydrogen (secondary N) is 1. The van der Waals surface area contributed by atoms with Crippen molar-refractivity contribution < 1.29 is 19.4 Å². The third-order valence-electron chi connectivity index (χ3n) is 4.92. The van der Waals surface area contributed by atoms with E-state index in [4.69, 9.17) is 4.74 Å². The Hall–Kier alpha value is -3.00. The van der Waals surface area contributed by atoms with E-state index in [1.54, 1.807) is 4.57 Å². The van der Waals surface area contributed by atoms with Gasteiger partial charge in [-0.2, -0.15) is 0 Å². The molecule has 0 aliphatic carbocycles. The van der Waals surface area contributed by atoms with Gasteiger partial charge in [-0.05, 0) is 49.8 Å². The number of carboxylic acid groups (broad SMARTS) is 1. The first-order valence-electron chi connectivity index (χ1n) is 10.9. The van der Waals surface area contributed by atoms with Crippen LogP contribution in [0.5, 0.6) is 0 Å². The van der Waals surface area contributed by atoms with Crippen molar-refractivity contribution in [3.8, 4) is 0 Å². The smallest absolute Gasteiger partial charge is 0.407 e. The maximum atomic E-state index is 11.8. The molecule has 2 aromatic carbocycles. The van der Waals surface area contributed by atoms with Gasteiger partial charge in [-0.15, -0.1) is 0 Å². The number of carboxylic acids is 1. The average molecular weight is 456 g/mol. The highest BCUT2D eigenvalue weighted by Gasteiger charge is 2.13. The minimum absolute atomic E-state index is 0.126. The number of carbonyl (C=O) groups is 2. The zero-order valence-corrected chi connectivity index (χ0v) is 18.9. The number of aromatic nitrogens is 2. The zero-order valence-electron chi connectivity index (χ0n) is 18.0. The number of hydrogen-bond acceptors (Lipinski definition) is 5. The summed E-state index contributed by atoms with van der Waals surface area (Å²) in [5.41, 5.74) is 2.92. The van der Waals surface area contributed by atoms with Crippen molar-refractivity contribution in [1.29, 1.82) is 0 Å². The Morgan fingerprint density at radius 2 is 1.78 bits per heavy atom. The van der Waals surface area contributed by atoms with Gasteiger partial charge in [0, 0.05) is 12.3 Å². The number of rotatable bonds is 13. The summed E-state index contributed by atoms with van der Waals surface area (Å²) in [6.45, 7) is 0.798. The van der Waals surface area contributed by atoms with Crippen LogP contribution in [0.2, 0.25) is 0 Å². The molecular weight excluding hydrogens is 426 g/mol. The number of alkyl carbamates (subject to hydrolysis) is 1. The van der Waals surface area contributed by atoms with Gasteiger partial charge in [0.1, 0.15) is 6.54 Å². The van der Waals surface area contributed by atoms with Crippen molar-refractivity contribution in [3.05, 3.63) is 60.2 Å². The van der Waals surface area contributed by atoms with Crippen LogP contribution in [0.4, 0.5) is 4.79 Å². The number of carbonyl (C=O) groups excluding carboxylic acids is 1. The number of aryl methyl sites for hydroxylation is 1. The largest absolute Gasteiger partial charge is 0.480 e. The third-order valence-corrected chi connectivity index (χ3v) is 5.98. The lowest BCUT2D eigenvalue weighted by Gasteiger charge is -2.08. The lowest BCUT2D eigenvalue weighted by molar-refractivity contribution is -0.137. The normalized spacial score (nSPS) is 10.9. The van der Waals surface area contributed by atoms with Crippen molar-refractivity contribution in [2.45, 2.75) is 43.8 Å². The Labute approximate surface area is 192 Å². The molecule has 0 radical (unpaired) electrons. The first kappa shape index (κ1) is 23.7. The second-order valence-corrected chi connectivity index (χ2v) is 8.49. The maximum absolute atomic E-state index is 11.8. The highest BCUT2D eigenvalue weighted by atomic mass is 32.2. The number of amides is 1. The Morgan fingerprint density at radius 1 is 1.00 bits per heavy atom. The van der Waals surface area contributed by atoms with Crippen molar-refractivity contribution in [2.75, 3.05) is 18.9 Å². The SMILES string of the molecule is O=C(O)Cn1c(SCCCNC(=O)OCCCCCc2ccccc2)nc2ccccc21. The number of unbranched alkanes of at least 4 members (excludes halogenated alkanes) is 2. The Bertz CT molecular complexity index is 1010. The first-order valence-corrected chi connectivity index (χ1v) is 11.9. The fraction of sp³-hybridized carbons (Fsp3) is 0.375. The van der Waals surface area contributed by atoms with Crippen LogP contribution in [0.1, 0.15) is 31.2 Å². The summed E-state index contributed by atoms with van der Waals surface area (Å²) in [5, 5.41) is 12.6. The molecule has 0 bridgehead atoms. The molecule has 1 heterocycles. The van der Waals surface area contributed by atoms with Crippen LogP contribution < -0.4 is 5.32 Å². The quantitative estimate of drug-likeness (QED) is 0.286. The molecule has 0 fully saturated rings. The van der Waals surface area contributed by atoms with Crippen LogP contribution in [0.3, 0.4) is 0 Å². The standard InChI is InChI=1S/C24H29N3O4S/c28-22(29)18-27-21-14-7-6-13-20(21)26-23(27)32-17-9-15-25-24(30)31-16-8-2-5-12-19-10-3-1-4-11-19/h1,3-4,6-7,10-11,13-14H,2,5,8-9,12,15-18H2,(H,25,30)(H,28,29). The van der Waals surface area contributed by atoms with Gasteiger partial charge in [0.25, 0.3) is 0 Å². The molecular formula is C24H29N3O4S. The van der Waals surface area contributed by atoms with Crippen molar-refractivity contribution >= 4 is 34.9 Å². The highest BCUT2D eigenvalue weighted by molar-refractivity contribution is 7.99. The molecule has 7 nitrogen and oxygen atoms in total. The Morgan fingerprint density at radius 3 is 2.59 bits per heavy atom. The second kappa shape index (κ2) is 12.8. The summed E-state index contributed by atoms with van der Waals surface area (Å²) < 4.78 is 6.93. The number of thioether (sulfide) groups is 1. The predicted molar refractivity (Wildman–Crippen MR) is 126 cm³/mol. The van der Waals surface area contributed by atoms with E-state index < -0.39 is 12.1 Å². The van der Waals surface area contributed by atoms with Crippen LogP contribution in [0, 0.1) is 0 Å². The lowest BCUT2D eigenvalue weighted by Crippen LogP contribution is -2.26. The predicted octanol–water partition coefficient (Wildman–Crippen LogP) is 4.74. The third kappa shape index (κ3) is 7.60. The molecule has 1 aromatic heterocycles. The summed E-state index contributed by atoms with van der Waals surface area (Å²) in [5.74, 6) is -0.192. The van der Waals surface area contributed by atoms with Crippen LogP contribution in [0.15, 0.2) is 59.8 Å². The summed E-state index contributed by atoms with van der Waals surface area (Å²) in [4.78, 5) is 27.5. The van der Waals surface area contributed by atoms with Crippen molar-refractivity contribution in [1.82, 2.24) is 14.9 Å². The average Bonchev–Trinajstić information content (AvgIpc) is 3.13. The topological polar surface area (TPSA) is 93.5 Å². The molecule has 0 atom stereocenters. The number of imidazole rings is 1. The molecule has 0 spiro atoms. The highest BCUT2D eigenvalue weighted by Crippen LogP contribution is 2.24. The lowest BCUT2D eigenvalue weighted by atomic mass is 10.1. The van der Waals surface area contributed by atoms with E-state index in [0.29, 0.717) is 24.1 Å². The summed E-state index contributed by atoms with van der Waals surface area (Å²) in [6, 6.07) is 17.9. The summed E-state index contributed by atoms with van der Waals surface area (Å²) >= 11 is 1.49. The molecule has 0 saturated carbocycles. The molecule has 0 saturated heterocycles. The van der Waals surface area contributed by atoms with E-state index in [-0.39, 0.29) is 6.54 Å². The van der Waals surface area contributed by atoms with Gasteiger partial charge < -0.3 is 19.7 Å². The molecule has 170 valence electrons. The van der Waals surface area contributed by atoms with Crippen LogP contribution in [-0.2, 0) is 22.5 Å². The fourth-order valence-corrected chi connectivity index (χ4v) is 4.30. The molecule has 1 amide bonds. The van der Waals surface area contributed by atoms with Gasteiger partial charge in [-0.3, -0.25) is 4.79 Å². The molecule has 32 heavy (non-hydrogen) atoms. The van der Waals surface area contributed by atoms with Crippen molar-refractivity contribution in [2.24, 2.45) is 0 Å². The Balaban J connectivity index is 1.28. The first-order chi connectivity index (χ1) is 15.6. The number of benzene rings is 2. The number of aliphatic carboxylic acids is 1. The number of nitrogens with zero attached hydrogens (tertiary/aromatic N) is 2. The van der Waals surface area contributed by atoms with Gasteiger partial charge in [0.2, 0.25) is 0 Å². The molecule has 8 heteroatoms. The number of hydrogen-bond donors (Lipinski definition) is 2. The minimum atomic E-state index is -0.903. The maximum Gasteiger partial charge on any atom is 0.407 e. The van der Waals surface area contributed by atoms with E-state index in [9.17, 15) is 14.7 Å². The van der Waals surface area contributed by atoms with Crippen LogP contribution >= 0.6 is 11.8 Å². The molecule has 3 rings (SSSR count). The monoisotopic (exact) mass is 455 g/mol. The molecule has 0 aliphatic rings. The van der Waals surface area contributed by atoms with Crippen LogP contribution in [-0.4, -0.2) is 45.6 Å². The van der Waals surface area contributed by atoms with Crippen LogP contribution in [0.25, 0.3) is 11.0 Å². The van der Waals surface area contributed by atoms with Crippen molar-refractivity contribution in [3.63, 3.8) is 0 Å². The number of para-hydroxylation sites is 2. The van der Waals surface area contributed by atoms with E-state index in [1.165, 1.54) is 17.3 Å². The van der Waals surface area contributed by atoms with Gasteiger partial charge in [-0.25, -0.2) is 9.78 Å². The summed E-state index contributed by atoms with van der Waals surface area (Å²) in [7, 11) is 0. The molecule has 0 unspecified atom stereocenters. The summed E-state index contributed by atoms with van der Waals surface area (Å²) in [6.07, 6.45) is 4.35. The molecule has 0 aliphatic heterocycles. The molecule has 2 N–H and O–H groups in total. The number of ether oxygens (including phenoxy) is 1. The van der Waals surface area contributed by atoms with Gasteiger partial charge in [-0.1, -0.05) is 54.2 Å². The molecule has 3 aromatic rings. The Kier molecular flexibility index (Phi) is 9.43. The van der Waals surface area contributed by atoms with E-state index in [2.05, 4.69) is 22.4 Å². The van der Waals surface area contributed by atoms with Gasteiger partial charge >= 0.3 is 12.1 Å².